The first-order valence-corrected chi connectivity index (χ1v) is 8.36. The normalized spacial score (nSPS) is 13.2. The van der Waals surface area contributed by atoms with Gasteiger partial charge in [0.1, 0.15) is 0 Å². The van der Waals surface area contributed by atoms with Crippen molar-refractivity contribution < 1.29 is 0 Å². The molecule has 1 N–H and O–H groups in total. The van der Waals surface area contributed by atoms with Crippen molar-refractivity contribution in [3.8, 4) is 0 Å². The molecule has 118 valence electrons. The average Bonchev–Trinajstić information content (AvgIpc) is 2.60. The maximum atomic E-state index is 3.74. The smallest absolute Gasteiger partial charge is 0.0377 e. The molecule has 0 saturated heterocycles. The van der Waals surface area contributed by atoms with Gasteiger partial charge in [0.05, 0.1) is 0 Å². The molecular weight excluding hydrogens is 278 g/mol. The summed E-state index contributed by atoms with van der Waals surface area (Å²) in [7, 11) is 0. The monoisotopic (exact) mass is 303 g/mol. The van der Waals surface area contributed by atoms with Crippen LogP contribution in [0.15, 0.2) is 72.8 Å². The van der Waals surface area contributed by atoms with Crippen LogP contribution in [0.4, 0.5) is 0 Å². The van der Waals surface area contributed by atoms with Crippen LogP contribution in [-0.2, 0) is 5.54 Å². The third kappa shape index (κ3) is 3.46. The Hall–Kier alpha value is -2.12. The lowest BCUT2D eigenvalue weighted by atomic mass is 9.91. The summed E-state index contributed by atoms with van der Waals surface area (Å²) in [6.07, 6.45) is 0. The average molecular weight is 303 g/mol. The lowest BCUT2D eigenvalue weighted by Crippen LogP contribution is -2.38. The predicted molar refractivity (Wildman–Crippen MR) is 99.8 cm³/mol. The Labute approximate surface area is 139 Å². The Morgan fingerprint density at radius 2 is 1.48 bits per heavy atom. The molecule has 3 rings (SSSR count). The highest BCUT2D eigenvalue weighted by Gasteiger charge is 2.20. The zero-order valence-corrected chi connectivity index (χ0v) is 14.2. The van der Waals surface area contributed by atoms with Crippen LogP contribution in [0.1, 0.15) is 37.8 Å². The summed E-state index contributed by atoms with van der Waals surface area (Å²) in [6, 6.07) is 25.9. The van der Waals surface area contributed by atoms with Gasteiger partial charge in [-0.25, -0.2) is 0 Å². The van der Waals surface area contributed by atoms with E-state index in [-0.39, 0.29) is 5.54 Å². The fraction of sp³-hybridized carbons (Fsp3) is 0.273. The molecule has 0 spiro atoms. The molecule has 0 amide bonds. The summed E-state index contributed by atoms with van der Waals surface area (Å²) in [5.41, 5.74) is 2.71. The Bertz CT molecular complexity index is 769. The third-order valence-corrected chi connectivity index (χ3v) is 4.70. The van der Waals surface area contributed by atoms with Gasteiger partial charge in [0.25, 0.3) is 0 Å². The van der Waals surface area contributed by atoms with E-state index in [4.69, 9.17) is 0 Å². The molecular formula is C22H25N. The van der Waals surface area contributed by atoms with Gasteiger partial charge in [-0.2, -0.15) is 0 Å². The Morgan fingerprint density at radius 3 is 2.26 bits per heavy atom. The van der Waals surface area contributed by atoms with Gasteiger partial charge >= 0.3 is 0 Å². The zero-order chi connectivity index (χ0) is 16.3. The largest absolute Gasteiger partial charge is 0.307 e. The molecule has 0 radical (unpaired) electrons. The fourth-order valence-corrected chi connectivity index (χ4v) is 3.16. The Balaban J connectivity index is 1.78. The van der Waals surface area contributed by atoms with Gasteiger partial charge in [0.15, 0.2) is 0 Å². The fourth-order valence-electron chi connectivity index (χ4n) is 3.16. The number of nitrogens with one attached hydrogen (secondary N) is 1. The molecule has 0 aliphatic rings. The molecule has 1 heteroatoms. The van der Waals surface area contributed by atoms with Gasteiger partial charge in [0, 0.05) is 12.1 Å². The first-order valence-electron chi connectivity index (χ1n) is 8.36. The van der Waals surface area contributed by atoms with E-state index in [1.807, 2.05) is 0 Å². The summed E-state index contributed by atoms with van der Waals surface area (Å²) in [5.74, 6) is 0.462. The first-order chi connectivity index (χ1) is 11.1. The Kier molecular flexibility index (Phi) is 4.49. The van der Waals surface area contributed by atoms with E-state index >= 15 is 0 Å². The summed E-state index contributed by atoms with van der Waals surface area (Å²) in [5, 5.41) is 6.42. The number of hydrogen-bond acceptors (Lipinski definition) is 1. The topological polar surface area (TPSA) is 12.0 Å². The van der Waals surface area contributed by atoms with E-state index in [1.165, 1.54) is 21.9 Å². The minimum Gasteiger partial charge on any atom is -0.307 e. The van der Waals surface area contributed by atoms with Crippen molar-refractivity contribution in [2.45, 2.75) is 32.2 Å². The molecule has 0 fully saturated rings. The second-order valence-electron chi connectivity index (χ2n) is 6.84. The van der Waals surface area contributed by atoms with Crippen LogP contribution >= 0.6 is 0 Å². The second-order valence-corrected chi connectivity index (χ2v) is 6.84. The van der Waals surface area contributed by atoms with Crippen LogP contribution in [0.5, 0.6) is 0 Å². The van der Waals surface area contributed by atoms with Gasteiger partial charge in [-0.3, -0.25) is 0 Å². The van der Waals surface area contributed by atoms with Gasteiger partial charge in [-0.15, -0.1) is 0 Å². The SMILES string of the molecule is CC(CNC(C)(C)c1ccccc1)c1cccc2ccccc12. The van der Waals surface area contributed by atoms with Crippen LogP contribution in [-0.4, -0.2) is 6.54 Å². The van der Waals surface area contributed by atoms with E-state index in [1.54, 1.807) is 0 Å². The molecule has 1 unspecified atom stereocenters. The van der Waals surface area contributed by atoms with Crippen molar-refractivity contribution in [3.05, 3.63) is 83.9 Å². The summed E-state index contributed by atoms with van der Waals surface area (Å²) >= 11 is 0. The van der Waals surface area contributed by atoms with Gasteiger partial charge in [-0.05, 0) is 41.7 Å². The highest BCUT2D eigenvalue weighted by Crippen LogP contribution is 2.26. The molecule has 0 heterocycles. The quantitative estimate of drug-likeness (QED) is 0.659. The molecule has 0 saturated carbocycles. The van der Waals surface area contributed by atoms with Crippen LogP contribution in [0, 0.1) is 0 Å². The van der Waals surface area contributed by atoms with Crippen LogP contribution in [0.2, 0.25) is 0 Å². The van der Waals surface area contributed by atoms with Crippen molar-refractivity contribution >= 4 is 10.8 Å². The first kappa shape index (κ1) is 15.8. The minimum absolute atomic E-state index is 0.0277. The molecule has 0 bridgehead atoms. The number of fused-ring (bicyclic) bond motifs is 1. The van der Waals surface area contributed by atoms with Crippen LogP contribution < -0.4 is 5.32 Å². The molecule has 1 atom stereocenters. The van der Waals surface area contributed by atoms with E-state index in [9.17, 15) is 0 Å². The lowest BCUT2D eigenvalue weighted by molar-refractivity contribution is 0.391. The van der Waals surface area contributed by atoms with Crippen molar-refractivity contribution in [2.24, 2.45) is 0 Å². The Morgan fingerprint density at radius 1 is 0.826 bits per heavy atom. The molecule has 1 nitrogen and oxygen atoms in total. The molecule has 23 heavy (non-hydrogen) atoms. The highest BCUT2D eigenvalue weighted by molar-refractivity contribution is 5.86. The predicted octanol–water partition coefficient (Wildman–Crippen LogP) is 5.47. The van der Waals surface area contributed by atoms with Crippen molar-refractivity contribution in [1.29, 1.82) is 0 Å². The van der Waals surface area contributed by atoms with Gasteiger partial charge in [0.2, 0.25) is 0 Å². The standard InChI is InChI=1S/C22H25N/c1-17(16-23-22(2,3)19-12-5-4-6-13-19)20-15-9-11-18-10-7-8-14-21(18)20/h4-15,17,23H,16H2,1-3H3. The third-order valence-electron chi connectivity index (χ3n) is 4.70. The second kappa shape index (κ2) is 6.55. The van der Waals surface area contributed by atoms with Crippen LogP contribution in [0.25, 0.3) is 10.8 Å². The maximum Gasteiger partial charge on any atom is 0.0377 e. The highest BCUT2D eigenvalue weighted by atomic mass is 15.0. The number of benzene rings is 3. The minimum atomic E-state index is -0.0277. The summed E-state index contributed by atoms with van der Waals surface area (Å²) < 4.78 is 0. The molecule has 0 aliphatic carbocycles. The maximum absolute atomic E-state index is 3.74. The van der Waals surface area contributed by atoms with Crippen molar-refractivity contribution in [2.75, 3.05) is 6.54 Å². The van der Waals surface area contributed by atoms with E-state index in [0.29, 0.717) is 5.92 Å². The van der Waals surface area contributed by atoms with Crippen molar-refractivity contribution in [1.82, 2.24) is 5.32 Å². The molecule has 0 aromatic heterocycles. The van der Waals surface area contributed by atoms with Crippen molar-refractivity contribution in [3.63, 3.8) is 0 Å². The zero-order valence-electron chi connectivity index (χ0n) is 14.2. The molecule has 0 aliphatic heterocycles. The lowest BCUT2D eigenvalue weighted by Gasteiger charge is -2.29. The number of rotatable bonds is 5. The van der Waals surface area contributed by atoms with Gasteiger partial charge in [-0.1, -0.05) is 79.7 Å². The van der Waals surface area contributed by atoms with E-state index in [2.05, 4.69) is 98.9 Å². The molecule has 3 aromatic carbocycles. The summed E-state index contributed by atoms with van der Waals surface area (Å²) in [6.45, 7) is 7.75. The van der Waals surface area contributed by atoms with Crippen LogP contribution in [0.3, 0.4) is 0 Å². The number of hydrogen-bond donors (Lipinski definition) is 1. The molecule has 3 aromatic rings. The van der Waals surface area contributed by atoms with E-state index < -0.39 is 0 Å². The summed E-state index contributed by atoms with van der Waals surface area (Å²) in [4.78, 5) is 0. The van der Waals surface area contributed by atoms with E-state index in [0.717, 1.165) is 6.54 Å². The van der Waals surface area contributed by atoms with Gasteiger partial charge < -0.3 is 5.32 Å².